The number of carboxylic acid groups (broad SMARTS) is 1. The molecule has 0 aromatic rings. The Morgan fingerprint density at radius 3 is 1.67 bits per heavy atom. The Kier molecular flexibility index (Phi) is 7.91. The van der Waals surface area contributed by atoms with Gasteiger partial charge in [0.2, 0.25) is 0 Å². The maximum Gasteiger partial charge on any atom is 0.366 e. The summed E-state index contributed by atoms with van der Waals surface area (Å²) in [6.45, 7) is 5.94. The Morgan fingerprint density at radius 1 is 1.20 bits per heavy atom. The Labute approximate surface area is 85.2 Å². The van der Waals surface area contributed by atoms with Gasteiger partial charge in [0.1, 0.15) is 23.3 Å². The minimum absolute atomic E-state index is 0.299. The third-order valence-corrected chi connectivity index (χ3v) is 0.882. The van der Waals surface area contributed by atoms with Crippen molar-refractivity contribution in [3.8, 4) is 12.1 Å². The molecule has 7 nitrogen and oxygen atoms in total. The van der Waals surface area contributed by atoms with Crippen LogP contribution in [0.1, 0.15) is 0 Å². The molecule has 7 heteroatoms. The number of aliphatic carboxylic acids is 1. The summed E-state index contributed by atoms with van der Waals surface area (Å²) in [5.41, 5.74) is -0.729. The predicted octanol–water partition coefficient (Wildman–Crippen LogP) is -0.366. The van der Waals surface area contributed by atoms with Gasteiger partial charge in [-0.3, -0.25) is 0 Å². The van der Waals surface area contributed by atoms with E-state index in [1.807, 2.05) is 0 Å². The summed E-state index contributed by atoms with van der Waals surface area (Å²) in [4.78, 5) is 23.3. The van der Waals surface area contributed by atoms with Crippen LogP contribution in [0.3, 0.4) is 0 Å². The molecule has 0 saturated heterocycles. The summed E-state index contributed by atoms with van der Waals surface area (Å²) in [6.07, 6.45) is 0. The number of hydrogen-bond acceptors (Lipinski definition) is 6. The first-order valence-corrected chi connectivity index (χ1v) is 3.23. The molecule has 0 radical (unpaired) electrons. The molecular weight excluding hydrogens is 202 g/mol. The standard InChI is InChI=1S/C4H4N2O2.C4H3NO2/c1-3(2-5)4(7)8-6;1-3(2-5)4(6)7/h1,6H2;1H2,(H,6,7). The first-order chi connectivity index (χ1) is 6.90. The van der Waals surface area contributed by atoms with Gasteiger partial charge in [0, 0.05) is 0 Å². The summed E-state index contributed by atoms with van der Waals surface area (Å²) in [6, 6.07) is 2.84. The fourth-order valence-corrected chi connectivity index (χ4v) is 0.165. The van der Waals surface area contributed by atoms with Crippen molar-refractivity contribution in [2.24, 2.45) is 5.90 Å². The van der Waals surface area contributed by atoms with Gasteiger partial charge in [-0.05, 0) is 0 Å². The summed E-state index contributed by atoms with van der Waals surface area (Å²) in [7, 11) is 0. The van der Waals surface area contributed by atoms with E-state index in [0.717, 1.165) is 0 Å². The summed E-state index contributed by atoms with van der Waals surface area (Å²) in [5.74, 6) is 2.23. The third kappa shape index (κ3) is 7.71. The zero-order chi connectivity index (χ0) is 12.4. The van der Waals surface area contributed by atoms with Crippen molar-refractivity contribution < 1.29 is 19.5 Å². The molecule has 0 rings (SSSR count). The van der Waals surface area contributed by atoms with Crippen molar-refractivity contribution in [1.29, 1.82) is 10.5 Å². The van der Waals surface area contributed by atoms with Gasteiger partial charge in [-0.15, -0.1) is 0 Å². The summed E-state index contributed by atoms with van der Waals surface area (Å²) >= 11 is 0. The molecule has 0 unspecified atom stereocenters. The molecule has 3 N–H and O–H groups in total. The van der Waals surface area contributed by atoms with Gasteiger partial charge in [-0.25, -0.2) is 9.59 Å². The molecule has 0 aliphatic rings. The van der Waals surface area contributed by atoms with Gasteiger partial charge in [-0.1, -0.05) is 13.2 Å². The first kappa shape index (κ1) is 14.9. The van der Waals surface area contributed by atoms with Gasteiger partial charge in [0.05, 0.1) is 0 Å². The number of nitrogens with zero attached hydrogens (tertiary/aromatic N) is 2. The number of nitrogens with two attached hydrogens (primary N) is 1. The second-order valence-electron chi connectivity index (χ2n) is 1.89. The van der Waals surface area contributed by atoms with Gasteiger partial charge >= 0.3 is 11.9 Å². The number of carbonyl (C=O) groups is 2. The molecule has 0 spiro atoms. The molecule has 0 bridgehead atoms. The Hall–Kier alpha value is -2.64. The van der Waals surface area contributed by atoms with Crippen molar-refractivity contribution in [3.63, 3.8) is 0 Å². The molecule has 0 aliphatic heterocycles. The highest BCUT2D eigenvalue weighted by molar-refractivity contribution is 5.91. The van der Waals surface area contributed by atoms with Crippen LogP contribution in [0, 0.1) is 22.7 Å². The number of nitriles is 2. The Balaban J connectivity index is 0. The number of carbonyl (C=O) groups excluding carboxylic acids is 1. The zero-order valence-corrected chi connectivity index (χ0v) is 7.56. The lowest BCUT2D eigenvalue weighted by Crippen LogP contribution is -2.10. The lowest BCUT2D eigenvalue weighted by Gasteiger charge is -1.88. The van der Waals surface area contributed by atoms with Crippen LogP contribution in [0.5, 0.6) is 0 Å². The average Bonchev–Trinajstić information content (AvgIpc) is 2.26. The lowest BCUT2D eigenvalue weighted by atomic mass is 10.4. The maximum absolute atomic E-state index is 10.1. The van der Waals surface area contributed by atoms with Gasteiger partial charge in [0.15, 0.2) is 0 Å². The summed E-state index contributed by atoms with van der Waals surface area (Å²) in [5, 5.41) is 23.6. The van der Waals surface area contributed by atoms with Crippen LogP contribution in [0.2, 0.25) is 0 Å². The molecule has 0 aromatic carbocycles. The largest absolute Gasteiger partial charge is 0.477 e. The number of carboxylic acids is 1. The van der Waals surface area contributed by atoms with Crippen molar-refractivity contribution in [3.05, 3.63) is 24.3 Å². The Bertz CT molecular complexity index is 372. The quantitative estimate of drug-likeness (QED) is 0.359. The molecule has 0 atom stereocenters. The third-order valence-electron chi connectivity index (χ3n) is 0.882. The maximum atomic E-state index is 10.1. The molecular formula is C8H7N3O4. The zero-order valence-electron chi connectivity index (χ0n) is 7.56. The summed E-state index contributed by atoms with van der Waals surface area (Å²) < 4.78 is 0. The van der Waals surface area contributed by atoms with E-state index < -0.39 is 17.5 Å². The monoisotopic (exact) mass is 209 g/mol. The predicted molar refractivity (Wildman–Crippen MR) is 47.4 cm³/mol. The van der Waals surface area contributed by atoms with Crippen molar-refractivity contribution in [2.75, 3.05) is 0 Å². The fraction of sp³-hybridized carbons (Fsp3) is 0. The molecule has 0 amide bonds. The number of hydrogen-bond donors (Lipinski definition) is 2. The van der Waals surface area contributed by atoms with Crippen LogP contribution in [-0.4, -0.2) is 17.0 Å². The highest BCUT2D eigenvalue weighted by Gasteiger charge is 2.03. The lowest BCUT2D eigenvalue weighted by molar-refractivity contribution is -0.139. The SMILES string of the molecule is C=C(C#N)C(=O)O.C=C(C#N)C(=O)ON. The number of rotatable bonds is 2. The van der Waals surface area contributed by atoms with E-state index >= 15 is 0 Å². The van der Waals surface area contributed by atoms with Crippen LogP contribution in [0.25, 0.3) is 0 Å². The highest BCUT2D eigenvalue weighted by atomic mass is 16.7. The van der Waals surface area contributed by atoms with Crippen molar-refractivity contribution >= 4 is 11.9 Å². The van der Waals surface area contributed by atoms with E-state index in [1.165, 1.54) is 12.1 Å². The van der Waals surface area contributed by atoms with Gasteiger partial charge in [-0.2, -0.15) is 16.4 Å². The van der Waals surface area contributed by atoms with E-state index in [-0.39, 0.29) is 5.57 Å². The second-order valence-corrected chi connectivity index (χ2v) is 1.89. The van der Waals surface area contributed by atoms with Crippen molar-refractivity contribution in [1.82, 2.24) is 0 Å². The van der Waals surface area contributed by atoms with E-state index in [0.29, 0.717) is 0 Å². The van der Waals surface area contributed by atoms with E-state index in [4.69, 9.17) is 15.6 Å². The van der Waals surface area contributed by atoms with Crippen LogP contribution < -0.4 is 5.90 Å². The van der Waals surface area contributed by atoms with Crippen LogP contribution in [-0.2, 0) is 14.4 Å². The molecule has 0 heterocycles. The minimum atomic E-state index is -1.26. The van der Waals surface area contributed by atoms with E-state index in [1.54, 1.807) is 0 Å². The van der Waals surface area contributed by atoms with Crippen LogP contribution in [0.15, 0.2) is 24.3 Å². The fourth-order valence-electron chi connectivity index (χ4n) is 0.165. The molecule has 0 fully saturated rings. The normalized spacial score (nSPS) is 6.87. The van der Waals surface area contributed by atoms with E-state index in [9.17, 15) is 9.59 Å². The molecule has 15 heavy (non-hydrogen) atoms. The highest BCUT2D eigenvalue weighted by Crippen LogP contribution is 1.86. The second kappa shape index (κ2) is 7.98. The smallest absolute Gasteiger partial charge is 0.366 e. The Morgan fingerprint density at radius 2 is 1.60 bits per heavy atom. The minimum Gasteiger partial charge on any atom is -0.477 e. The molecule has 0 aliphatic carbocycles. The first-order valence-electron chi connectivity index (χ1n) is 3.23. The van der Waals surface area contributed by atoms with Gasteiger partial charge in [0.25, 0.3) is 0 Å². The van der Waals surface area contributed by atoms with E-state index in [2.05, 4.69) is 23.9 Å². The molecule has 78 valence electrons. The van der Waals surface area contributed by atoms with Crippen LogP contribution in [0.4, 0.5) is 0 Å². The van der Waals surface area contributed by atoms with Crippen molar-refractivity contribution in [2.45, 2.75) is 0 Å². The molecule has 0 aromatic heterocycles. The van der Waals surface area contributed by atoms with Gasteiger partial charge < -0.3 is 9.94 Å². The topological polar surface area (TPSA) is 137 Å². The average molecular weight is 209 g/mol. The molecule has 0 saturated carbocycles. The van der Waals surface area contributed by atoms with Crippen LogP contribution >= 0.6 is 0 Å².